The minimum atomic E-state index is -0.756. The maximum Gasteiger partial charge on any atom is 0.348 e. The number of esters is 1. The molecule has 2 rings (SSSR count). The summed E-state index contributed by atoms with van der Waals surface area (Å²) in [5.41, 5.74) is 0. The van der Waals surface area contributed by atoms with Gasteiger partial charge in [-0.05, 0) is 18.6 Å². The van der Waals surface area contributed by atoms with Crippen LogP contribution in [-0.4, -0.2) is 24.2 Å². The Hall–Kier alpha value is -1.36. The Morgan fingerprint density at radius 1 is 1.53 bits per heavy atom. The van der Waals surface area contributed by atoms with Crippen LogP contribution in [0, 0.1) is 5.92 Å². The van der Waals surface area contributed by atoms with E-state index in [4.69, 9.17) is 5.11 Å². The van der Waals surface area contributed by atoms with Crippen LogP contribution in [0.2, 0.25) is 0 Å². The second-order valence-corrected chi connectivity index (χ2v) is 4.60. The lowest BCUT2D eigenvalue weighted by Gasteiger charge is -1.93. The molecular formula is C10H10O4S. The fourth-order valence-corrected chi connectivity index (χ4v) is 2.65. The lowest BCUT2D eigenvalue weighted by atomic mass is 10.2. The summed E-state index contributed by atoms with van der Waals surface area (Å²) in [4.78, 5) is 23.3. The van der Waals surface area contributed by atoms with E-state index >= 15 is 0 Å². The number of carboxylic acids is 1. The highest BCUT2D eigenvalue weighted by Gasteiger charge is 2.45. The highest BCUT2D eigenvalue weighted by molar-refractivity contribution is 7.14. The largest absolute Gasteiger partial charge is 0.481 e. The van der Waals surface area contributed by atoms with Gasteiger partial charge in [0.2, 0.25) is 0 Å². The van der Waals surface area contributed by atoms with Crippen molar-refractivity contribution in [3.63, 3.8) is 0 Å². The van der Waals surface area contributed by atoms with E-state index < -0.39 is 5.97 Å². The molecule has 1 saturated carbocycles. The van der Waals surface area contributed by atoms with E-state index in [-0.39, 0.29) is 17.8 Å². The Balaban J connectivity index is 2.09. The minimum Gasteiger partial charge on any atom is -0.481 e. The molecule has 1 fully saturated rings. The van der Waals surface area contributed by atoms with Gasteiger partial charge in [0.15, 0.2) is 0 Å². The Bertz CT molecular complexity index is 409. The van der Waals surface area contributed by atoms with Crippen molar-refractivity contribution in [1.82, 2.24) is 0 Å². The van der Waals surface area contributed by atoms with E-state index in [2.05, 4.69) is 4.74 Å². The normalized spacial score (nSPS) is 23.5. The van der Waals surface area contributed by atoms with Gasteiger partial charge in [-0.2, -0.15) is 0 Å². The number of carbonyl (C=O) groups is 2. The zero-order valence-corrected chi connectivity index (χ0v) is 8.91. The average Bonchev–Trinajstić information content (AvgIpc) is 2.88. The number of ether oxygens (including phenoxy) is 1. The first kappa shape index (κ1) is 10.2. The highest BCUT2D eigenvalue weighted by Crippen LogP contribution is 2.49. The highest BCUT2D eigenvalue weighted by atomic mass is 32.1. The third-order valence-electron chi connectivity index (χ3n) is 2.49. The van der Waals surface area contributed by atoms with E-state index in [1.165, 1.54) is 18.4 Å². The summed E-state index contributed by atoms with van der Waals surface area (Å²) in [5.74, 6) is -1.30. The summed E-state index contributed by atoms with van der Waals surface area (Å²) in [6, 6.07) is 3.49. The smallest absolute Gasteiger partial charge is 0.348 e. The zero-order chi connectivity index (χ0) is 11.0. The van der Waals surface area contributed by atoms with Crippen molar-refractivity contribution in [2.24, 2.45) is 5.92 Å². The minimum absolute atomic E-state index is 0.0888. The number of carbonyl (C=O) groups excluding carboxylic acids is 1. The van der Waals surface area contributed by atoms with E-state index in [1.54, 1.807) is 6.07 Å². The molecule has 5 heteroatoms. The van der Waals surface area contributed by atoms with Crippen LogP contribution < -0.4 is 0 Å². The standard InChI is InChI=1S/C10H10O4S/c1-14-10(13)8-3-2-7(15-8)5-4-6(5)9(11)12/h2-3,5-6H,4H2,1H3,(H,11,12). The van der Waals surface area contributed by atoms with Crippen molar-refractivity contribution in [3.8, 4) is 0 Å². The molecule has 0 amide bonds. The van der Waals surface area contributed by atoms with Crippen molar-refractivity contribution in [1.29, 1.82) is 0 Å². The van der Waals surface area contributed by atoms with Crippen molar-refractivity contribution >= 4 is 23.3 Å². The van der Waals surface area contributed by atoms with Gasteiger partial charge in [-0.15, -0.1) is 11.3 Å². The van der Waals surface area contributed by atoms with Gasteiger partial charge in [0.05, 0.1) is 13.0 Å². The predicted molar refractivity (Wildman–Crippen MR) is 54.1 cm³/mol. The Morgan fingerprint density at radius 2 is 2.27 bits per heavy atom. The lowest BCUT2D eigenvalue weighted by Crippen LogP contribution is -1.98. The number of hydrogen-bond donors (Lipinski definition) is 1. The van der Waals surface area contributed by atoms with E-state index in [9.17, 15) is 9.59 Å². The molecule has 1 aliphatic rings. The molecule has 15 heavy (non-hydrogen) atoms. The first-order chi connectivity index (χ1) is 7.13. The van der Waals surface area contributed by atoms with Crippen LogP contribution in [0.15, 0.2) is 12.1 Å². The second-order valence-electron chi connectivity index (χ2n) is 3.48. The molecule has 1 N–H and O–H groups in total. The first-order valence-electron chi connectivity index (χ1n) is 4.54. The van der Waals surface area contributed by atoms with E-state index in [1.807, 2.05) is 6.07 Å². The molecule has 1 aliphatic carbocycles. The van der Waals surface area contributed by atoms with Crippen LogP contribution in [-0.2, 0) is 9.53 Å². The van der Waals surface area contributed by atoms with Gasteiger partial charge in [0.1, 0.15) is 4.88 Å². The third-order valence-corrected chi connectivity index (χ3v) is 3.68. The summed E-state index contributed by atoms with van der Waals surface area (Å²) in [6.45, 7) is 0. The van der Waals surface area contributed by atoms with Crippen molar-refractivity contribution in [3.05, 3.63) is 21.9 Å². The van der Waals surface area contributed by atoms with Gasteiger partial charge in [-0.1, -0.05) is 0 Å². The molecule has 1 aromatic heterocycles. The first-order valence-corrected chi connectivity index (χ1v) is 5.36. The Labute approximate surface area is 90.5 Å². The van der Waals surface area contributed by atoms with Gasteiger partial charge < -0.3 is 9.84 Å². The number of thiophene rings is 1. The predicted octanol–water partition coefficient (Wildman–Crippen LogP) is 1.72. The second kappa shape index (κ2) is 3.66. The van der Waals surface area contributed by atoms with E-state index in [0.29, 0.717) is 11.3 Å². The fourth-order valence-electron chi connectivity index (χ4n) is 1.54. The van der Waals surface area contributed by atoms with Crippen LogP contribution >= 0.6 is 11.3 Å². The SMILES string of the molecule is COC(=O)c1ccc(C2CC2C(=O)O)s1. The summed E-state index contributed by atoms with van der Waals surface area (Å²) in [7, 11) is 1.33. The maximum atomic E-state index is 11.2. The molecule has 0 bridgehead atoms. The van der Waals surface area contributed by atoms with Crippen molar-refractivity contribution in [2.45, 2.75) is 12.3 Å². The van der Waals surface area contributed by atoms with E-state index in [0.717, 1.165) is 4.88 Å². The van der Waals surface area contributed by atoms with Crippen LogP contribution in [0.3, 0.4) is 0 Å². The molecule has 2 atom stereocenters. The number of rotatable bonds is 3. The molecule has 4 nitrogen and oxygen atoms in total. The van der Waals surface area contributed by atoms with Gasteiger partial charge in [-0.3, -0.25) is 4.79 Å². The topological polar surface area (TPSA) is 63.6 Å². The van der Waals surface area contributed by atoms with Crippen LogP contribution in [0.4, 0.5) is 0 Å². The summed E-state index contributed by atoms with van der Waals surface area (Å²) >= 11 is 1.32. The summed E-state index contributed by atoms with van der Waals surface area (Å²) in [5, 5.41) is 8.76. The molecule has 1 aromatic rings. The van der Waals surface area contributed by atoms with Gasteiger partial charge in [-0.25, -0.2) is 4.79 Å². The summed E-state index contributed by atoms with van der Waals surface area (Å²) < 4.78 is 4.58. The van der Waals surface area contributed by atoms with Crippen LogP contribution in [0.25, 0.3) is 0 Å². The van der Waals surface area contributed by atoms with Crippen molar-refractivity contribution < 1.29 is 19.4 Å². The molecular weight excluding hydrogens is 216 g/mol. The third kappa shape index (κ3) is 1.87. The maximum absolute atomic E-state index is 11.2. The number of hydrogen-bond acceptors (Lipinski definition) is 4. The van der Waals surface area contributed by atoms with Crippen LogP contribution in [0.5, 0.6) is 0 Å². The average molecular weight is 226 g/mol. The monoisotopic (exact) mass is 226 g/mol. The Kier molecular flexibility index (Phi) is 2.48. The van der Waals surface area contributed by atoms with Gasteiger partial charge in [0.25, 0.3) is 0 Å². The molecule has 0 radical (unpaired) electrons. The number of methoxy groups -OCH3 is 1. The molecule has 0 saturated heterocycles. The molecule has 0 aliphatic heterocycles. The Morgan fingerprint density at radius 3 is 2.80 bits per heavy atom. The zero-order valence-electron chi connectivity index (χ0n) is 8.10. The molecule has 80 valence electrons. The molecule has 2 unspecified atom stereocenters. The van der Waals surface area contributed by atoms with Gasteiger partial charge in [0, 0.05) is 10.8 Å². The summed E-state index contributed by atoms with van der Waals surface area (Å²) in [6.07, 6.45) is 0.677. The van der Waals surface area contributed by atoms with Crippen LogP contribution in [0.1, 0.15) is 26.9 Å². The molecule has 1 heterocycles. The molecule has 0 spiro atoms. The number of aliphatic carboxylic acids is 1. The van der Waals surface area contributed by atoms with Crippen molar-refractivity contribution in [2.75, 3.05) is 7.11 Å². The number of carboxylic acid groups (broad SMARTS) is 1. The lowest BCUT2D eigenvalue weighted by molar-refractivity contribution is -0.138. The molecule has 0 aromatic carbocycles. The fraction of sp³-hybridized carbons (Fsp3) is 0.400. The quantitative estimate of drug-likeness (QED) is 0.797. The van der Waals surface area contributed by atoms with Gasteiger partial charge >= 0.3 is 11.9 Å².